The van der Waals surface area contributed by atoms with Crippen molar-refractivity contribution in [2.24, 2.45) is 0 Å². The number of hydrogen-bond donors (Lipinski definition) is 0. The van der Waals surface area contributed by atoms with Gasteiger partial charge < -0.3 is 24.3 Å². The number of aromatic nitrogens is 1. The molecule has 0 radical (unpaired) electrons. The van der Waals surface area contributed by atoms with Gasteiger partial charge in [-0.2, -0.15) is 9.12 Å². The smallest absolute Gasteiger partial charge is 0.414 e. The summed E-state index contributed by atoms with van der Waals surface area (Å²) in [6.07, 6.45) is 1.98. The monoisotopic (exact) mass is 646 g/mol. The fourth-order valence-corrected chi connectivity index (χ4v) is 7.05. The van der Waals surface area contributed by atoms with Crippen molar-refractivity contribution in [2.45, 2.75) is 77.7 Å². The largest absolute Gasteiger partial charge is 0.618 e. The number of benzene rings is 2. The predicted molar refractivity (Wildman–Crippen MR) is 174 cm³/mol. The molecule has 0 spiro atoms. The number of methoxy groups -OCH3 is 1. The Labute approximate surface area is 275 Å². The maximum absolute atomic E-state index is 15.7. The lowest BCUT2D eigenvalue weighted by Gasteiger charge is -2.40. The molecule has 3 aliphatic heterocycles. The van der Waals surface area contributed by atoms with Gasteiger partial charge in [0.25, 0.3) is 5.91 Å². The lowest BCUT2D eigenvalue weighted by molar-refractivity contribution is -0.622. The summed E-state index contributed by atoms with van der Waals surface area (Å²) in [5, 5.41) is 12.7. The Morgan fingerprint density at radius 2 is 1.77 bits per heavy atom. The standard InChI is InChI=1S/C36H43FN4O6/c1-23(2)33-25(10-9-24(3)41(33)44)21-38-17-15-28(16-18-38)47-31-12-11-29(34(45-4)32(31)37)35(42)39-19-13-27(14-20-39)40-30-8-6-5-7-26(30)22-46-36(40)43/h5-12,23,27-28H,13-22H2,1-4H3. The lowest BCUT2D eigenvalue weighted by Crippen LogP contribution is -2.50. The molecule has 6 rings (SSSR count). The average molecular weight is 647 g/mol. The zero-order chi connectivity index (χ0) is 33.2. The summed E-state index contributed by atoms with van der Waals surface area (Å²) in [6.45, 7) is 9.14. The fourth-order valence-electron chi connectivity index (χ4n) is 7.05. The van der Waals surface area contributed by atoms with Crippen LogP contribution >= 0.6 is 0 Å². The molecule has 3 aromatic rings. The number of aryl methyl sites for hydroxylation is 1. The van der Waals surface area contributed by atoms with E-state index in [4.69, 9.17) is 14.2 Å². The first-order chi connectivity index (χ1) is 22.7. The second-order valence-corrected chi connectivity index (χ2v) is 13.0. The van der Waals surface area contributed by atoms with Crippen LogP contribution in [0.25, 0.3) is 0 Å². The summed E-state index contributed by atoms with van der Waals surface area (Å²) >= 11 is 0. The van der Waals surface area contributed by atoms with E-state index in [9.17, 15) is 14.8 Å². The molecular formula is C36H43FN4O6. The van der Waals surface area contributed by atoms with Crippen LogP contribution in [0.15, 0.2) is 48.5 Å². The van der Waals surface area contributed by atoms with Gasteiger partial charge in [-0.3, -0.25) is 14.6 Å². The van der Waals surface area contributed by atoms with E-state index in [2.05, 4.69) is 4.90 Å². The first kappa shape index (κ1) is 32.6. The number of rotatable bonds is 8. The molecule has 2 amide bonds. The molecule has 1 aromatic heterocycles. The third kappa shape index (κ3) is 6.58. The highest BCUT2D eigenvalue weighted by molar-refractivity contribution is 5.97. The number of para-hydroxylation sites is 1. The third-order valence-electron chi connectivity index (χ3n) is 9.57. The minimum atomic E-state index is -0.690. The number of nitrogens with zero attached hydrogens (tertiary/aromatic N) is 4. The van der Waals surface area contributed by atoms with Crippen LogP contribution in [-0.2, 0) is 17.9 Å². The third-order valence-corrected chi connectivity index (χ3v) is 9.57. The molecule has 250 valence electrons. The SMILES string of the molecule is COc1c(C(=O)N2CCC(N3C(=O)OCc4ccccc43)CC2)ccc(OC2CCN(Cc3ccc(C)[n+]([O-])c3C(C)C)CC2)c1F. The highest BCUT2D eigenvalue weighted by Gasteiger charge is 2.36. The van der Waals surface area contributed by atoms with Crippen molar-refractivity contribution < 1.29 is 32.9 Å². The van der Waals surface area contributed by atoms with Crippen LogP contribution in [-0.4, -0.2) is 67.2 Å². The Hall–Kier alpha value is -4.38. The van der Waals surface area contributed by atoms with E-state index in [1.807, 2.05) is 57.2 Å². The number of cyclic esters (lactones) is 1. The second kappa shape index (κ2) is 13.8. The minimum absolute atomic E-state index is 0.0610. The lowest BCUT2D eigenvalue weighted by atomic mass is 10.00. The van der Waals surface area contributed by atoms with Gasteiger partial charge in [-0.05, 0) is 49.9 Å². The second-order valence-electron chi connectivity index (χ2n) is 13.0. The number of hydrogen-bond acceptors (Lipinski definition) is 7. The van der Waals surface area contributed by atoms with Gasteiger partial charge in [0.15, 0.2) is 22.9 Å². The summed E-state index contributed by atoms with van der Waals surface area (Å²) < 4.78 is 33.7. The summed E-state index contributed by atoms with van der Waals surface area (Å²) in [7, 11) is 1.35. The first-order valence-corrected chi connectivity index (χ1v) is 16.5. The average Bonchev–Trinajstić information content (AvgIpc) is 3.07. The highest BCUT2D eigenvalue weighted by atomic mass is 19.1. The Morgan fingerprint density at radius 3 is 2.47 bits per heavy atom. The minimum Gasteiger partial charge on any atom is -0.618 e. The number of ether oxygens (including phenoxy) is 3. The predicted octanol–water partition coefficient (Wildman–Crippen LogP) is 5.70. The van der Waals surface area contributed by atoms with Crippen LogP contribution < -0.4 is 19.1 Å². The number of amides is 2. The molecule has 2 fully saturated rings. The molecular weight excluding hydrogens is 603 g/mol. The van der Waals surface area contributed by atoms with Gasteiger partial charge in [0.1, 0.15) is 12.7 Å². The first-order valence-electron chi connectivity index (χ1n) is 16.5. The molecule has 11 heteroatoms. The zero-order valence-electron chi connectivity index (χ0n) is 27.5. The van der Waals surface area contributed by atoms with E-state index in [1.165, 1.54) is 13.2 Å². The van der Waals surface area contributed by atoms with Crippen molar-refractivity contribution in [1.82, 2.24) is 9.80 Å². The number of pyridine rings is 1. The molecule has 4 heterocycles. The number of carbonyl (C=O) groups is 2. The van der Waals surface area contributed by atoms with Crippen molar-refractivity contribution in [3.05, 3.63) is 87.6 Å². The van der Waals surface area contributed by atoms with Crippen LogP contribution in [0.3, 0.4) is 0 Å². The fraction of sp³-hybridized carbons (Fsp3) is 0.472. The van der Waals surface area contributed by atoms with Crippen molar-refractivity contribution in [1.29, 1.82) is 0 Å². The maximum Gasteiger partial charge on any atom is 0.414 e. The Balaban J connectivity index is 1.06. The van der Waals surface area contributed by atoms with Gasteiger partial charge in [-0.15, -0.1) is 0 Å². The maximum atomic E-state index is 15.7. The Bertz CT molecular complexity index is 1630. The number of likely N-dealkylation sites (tertiary alicyclic amines) is 2. The van der Waals surface area contributed by atoms with Gasteiger partial charge in [-0.1, -0.05) is 32.0 Å². The van der Waals surface area contributed by atoms with E-state index >= 15 is 4.39 Å². The quantitative estimate of drug-likeness (QED) is 0.229. The molecule has 3 aliphatic rings. The van der Waals surface area contributed by atoms with E-state index in [1.54, 1.807) is 15.9 Å². The Kier molecular flexibility index (Phi) is 9.54. The van der Waals surface area contributed by atoms with Crippen LogP contribution in [0.5, 0.6) is 11.5 Å². The van der Waals surface area contributed by atoms with Crippen LogP contribution in [0.1, 0.15) is 78.3 Å². The molecule has 2 saturated heterocycles. The number of halogens is 1. The molecule has 0 bridgehead atoms. The van der Waals surface area contributed by atoms with Gasteiger partial charge >= 0.3 is 6.09 Å². The molecule has 0 N–H and O–H groups in total. The summed E-state index contributed by atoms with van der Waals surface area (Å²) in [5.74, 6) is -0.971. The number of anilines is 1. The van der Waals surface area contributed by atoms with E-state index in [0.29, 0.717) is 51.0 Å². The Morgan fingerprint density at radius 1 is 1.04 bits per heavy atom. The molecule has 0 aliphatic carbocycles. The van der Waals surface area contributed by atoms with Gasteiger partial charge in [-0.25, -0.2) is 4.79 Å². The van der Waals surface area contributed by atoms with Crippen LogP contribution in [0.2, 0.25) is 0 Å². The van der Waals surface area contributed by atoms with Crippen molar-refractivity contribution in [2.75, 3.05) is 38.2 Å². The molecule has 47 heavy (non-hydrogen) atoms. The molecule has 0 unspecified atom stereocenters. The van der Waals surface area contributed by atoms with Gasteiger partial charge in [0.2, 0.25) is 5.82 Å². The molecule has 2 aromatic carbocycles. The van der Waals surface area contributed by atoms with Crippen molar-refractivity contribution >= 4 is 17.7 Å². The number of piperidine rings is 2. The molecule has 10 nitrogen and oxygen atoms in total. The van der Waals surface area contributed by atoms with Crippen molar-refractivity contribution in [3.63, 3.8) is 0 Å². The molecule has 0 atom stereocenters. The van der Waals surface area contributed by atoms with E-state index < -0.39 is 5.82 Å². The number of fused-ring (bicyclic) bond motifs is 1. The summed E-state index contributed by atoms with van der Waals surface area (Å²) in [6, 6.07) is 14.6. The normalized spacial score (nSPS) is 17.9. The molecule has 0 saturated carbocycles. The van der Waals surface area contributed by atoms with E-state index in [0.717, 1.165) is 40.3 Å². The van der Waals surface area contributed by atoms with Crippen LogP contribution in [0.4, 0.5) is 14.9 Å². The summed E-state index contributed by atoms with van der Waals surface area (Å²) in [4.78, 5) is 31.9. The zero-order valence-corrected chi connectivity index (χ0v) is 27.5. The summed E-state index contributed by atoms with van der Waals surface area (Å²) in [5.41, 5.74) is 4.46. The van der Waals surface area contributed by atoms with Gasteiger partial charge in [0.05, 0.1) is 18.4 Å². The topological polar surface area (TPSA) is 98.5 Å². The van der Waals surface area contributed by atoms with Crippen molar-refractivity contribution in [3.8, 4) is 11.5 Å². The van der Waals surface area contributed by atoms with Crippen LogP contribution in [0, 0.1) is 17.9 Å². The highest BCUT2D eigenvalue weighted by Crippen LogP contribution is 2.35. The van der Waals surface area contributed by atoms with Gasteiger partial charge in [0, 0.05) is 68.8 Å². The number of carbonyl (C=O) groups excluding carboxylic acids is 2. The van der Waals surface area contributed by atoms with E-state index in [-0.39, 0.29) is 53.7 Å².